The summed E-state index contributed by atoms with van der Waals surface area (Å²) < 4.78 is 48.5. The average Bonchev–Trinajstić information content (AvgIpc) is 2.96. The van der Waals surface area contributed by atoms with Gasteiger partial charge in [0.2, 0.25) is 0 Å². The molecule has 2 aromatic rings. The van der Waals surface area contributed by atoms with Crippen LogP contribution in [0, 0.1) is 0 Å². The van der Waals surface area contributed by atoms with Crippen molar-refractivity contribution in [3.8, 4) is 11.3 Å². The zero-order valence-corrected chi connectivity index (χ0v) is 13.6. The van der Waals surface area contributed by atoms with Gasteiger partial charge in [-0.1, -0.05) is 19.1 Å². The van der Waals surface area contributed by atoms with E-state index in [1.165, 1.54) is 12.1 Å². The largest absolute Gasteiger partial charge is 0.466 e. The summed E-state index contributed by atoms with van der Waals surface area (Å²) in [7, 11) is 0. The first-order valence-electron chi connectivity index (χ1n) is 7.80. The van der Waals surface area contributed by atoms with Crippen LogP contribution in [-0.2, 0) is 28.5 Å². The summed E-state index contributed by atoms with van der Waals surface area (Å²) in [4.78, 5) is 11.5. The maximum atomic E-state index is 12.6. The normalized spacial score (nSPS) is 11.5. The lowest BCUT2D eigenvalue weighted by Gasteiger charge is -2.06. The molecule has 0 unspecified atom stereocenters. The van der Waals surface area contributed by atoms with E-state index in [1.807, 2.05) is 6.92 Å². The highest BCUT2D eigenvalue weighted by molar-refractivity contribution is 5.70. The van der Waals surface area contributed by atoms with E-state index in [0.717, 1.165) is 23.5 Å². The van der Waals surface area contributed by atoms with Crippen molar-refractivity contribution in [1.82, 2.24) is 0 Å². The Balaban J connectivity index is 2.18. The van der Waals surface area contributed by atoms with E-state index in [2.05, 4.69) is 0 Å². The van der Waals surface area contributed by atoms with Gasteiger partial charge in [0.1, 0.15) is 11.5 Å². The molecule has 0 bridgehead atoms. The summed E-state index contributed by atoms with van der Waals surface area (Å²) in [5, 5.41) is 0. The molecule has 0 amide bonds. The zero-order valence-electron chi connectivity index (χ0n) is 13.6. The molecular formula is C18H19F3O3. The van der Waals surface area contributed by atoms with E-state index in [-0.39, 0.29) is 12.4 Å². The highest BCUT2D eigenvalue weighted by Gasteiger charge is 2.30. The number of rotatable bonds is 6. The minimum Gasteiger partial charge on any atom is -0.466 e. The van der Waals surface area contributed by atoms with Gasteiger partial charge >= 0.3 is 12.1 Å². The monoisotopic (exact) mass is 340 g/mol. The Hall–Kier alpha value is -2.24. The summed E-state index contributed by atoms with van der Waals surface area (Å²) in [5.41, 5.74) is 0.747. The number of alkyl halides is 3. The first kappa shape index (κ1) is 18.1. The molecule has 3 nitrogen and oxygen atoms in total. The number of hydrogen-bond donors (Lipinski definition) is 0. The Morgan fingerprint density at radius 2 is 1.83 bits per heavy atom. The van der Waals surface area contributed by atoms with Gasteiger partial charge in [0, 0.05) is 18.4 Å². The van der Waals surface area contributed by atoms with Crippen molar-refractivity contribution in [2.75, 3.05) is 6.61 Å². The maximum Gasteiger partial charge on any atom is 0.416 e. The molecule has 1 aromatic carbocycles. The summed E-state index contributed by atoms with van der Waals surface area (Å²) in [6.45, 7) is 4.00. The number of halogens is 3. The molecule has 130 valence electrons. The number of benzene rings is 1. The number of hydrogen-bond acceptors (Lipinski definition) is 3. The van der Waals surface area contributed by atoms with Gasteiger partial charge in [0.15, 0.2) is 0 Å². The van der Waals surface area contributed by atoms with Crippen molar-refractivity contribution in [3.05, 3.63) is 47.2 Å². The smallest absolute Gasteiger partial charge is 0.416 e. The predicted molar refractivity (Wildman–Crippen MR) is 83.5 cm³/mol. The summed E-state index contributed by atoms with van der Waals surface area (Å²) in [6, 6.07) is 6.61. The molecule has 0 radical (unpaired) electrons. The molecular weight excluding hydrogens is 321 g/mol. The third kappa shape index (κ3) is 4.40. The van der Waals surface area contributed by atoms with E-state index in [1.54, 1.807) is 13.0 Å². The lowest BCUT2D eigenvalue weighted by atomic mass is 10.1. The van der Waals surface area contributed by atoms with Crippen LogP contribution in [0.3, 0.4) is 0 Å². The Labute approximate surface area is 138 Å². The van der Waals surface area contributed by atoms with Crippen molar-refractivity contribution in [2.45, 2.75) is 39.3 Å². The number of furan rings is 1. The molecule has 0 atom stereocenters. The predicted octanol–water partition coefficient (Wildman–Crippen LogP) is 5.02. The van der Waals surface area contributed by atoms with Gasteiger partial charge in [0.25, 0.3) is 0 Å². The highest BCUT2D eigenvalue weighted by atomic mass is 19.4. The van der Waals surface area contributed by atoms with Crippen molar-refractivity contribution < 1.29 is 27.1 Å². The zero-order chi connectivity index (χ0) is 17.7. The quantitative estimate of drug-likeness (QED) is 0.693. The molecule has 1 heterocycles. The molecule has 0 aliphatic heterocycles. The van der Waals surface area contributed by atoms with E-state index < -0.39 is 11.7 Å². The molecule has 0 spiro atoms. The third-order valence-electron chi connectivity index (χ3n) is 3.62. The minimum absolute atomic E-state index is 0.243. The average molecular weight is 340 g/mol. The Bertz CT molecular complexity index is 685. The summed E-state index contributed by atoms with van der Waals surface area (Å²) in [6.07, 6.45) is -3.00. The second kappa shape index (κ2) is 7.55. The minimum atomic E-state index is -4.36. The maximum absolute atomic E-state index is 12.6. The molecule has 1 aromatic heterocycles. The fourth-order valence-corrected chi connectivity index (χ4v) is 2.41. The molecule has 6 heteroatoms. The van der Waals surface area contributed by atoms with E-state index >= 15 is 0 Å². The van der Waals surface area contributed by atoms with Crippen LogP contribution in [-0.4, -0.2) is 12.6 Å². The van der Waals surface area contributed by atoms with Crippen molar-refractivity contribution in [1.29, 1.82) is 0 Å². The van der Waals surface area contributed by atoms with Crippen molar-refractivity contribution in [2.24, 2.45) is 0 Å². The Morgan fingerprint density at radius 1 is 1.17 bits per heavy atom. The van der Waals surface area contributed by atoms with Crippen LogP contribution in [0.5, 0.6) is 0 Å². The lowest BCUT2D eigenvalue weighted by molar-refractivity contribution is -0.143. The van der Waals surface area contributed by atoms with Crippen molar-refractivity contribution >= 4 is 5.97 Å². The molecule has 0 fully saturated rings. The van der Waals surface area contributed by atoms with Gasteiger partial charge in [-0.3, -0.25) is 4.79 Å². The Kier molecular flexibility index (Phi) is 5.70. The second-order valence-corrected chi connectivity index (χ2v) is 5.29. The van der Waals surface area contributed by atoms with Gasteiger partial charge in [0.05, 0.1) is 12.2 Å². The summed E-state index contributed by atoms with van der Waals surface area (Å²) >= 11 is 0. The van der Waals surface area contributed by atoms with Gasteiger partial charge in [-0.25, -0.2) is 0 Å². The fraction of sp³-hybridized carbons (Fsp3) is 0.389. The Morgan fingerprint density at radius 3 is 2.38 bits per heavy atom. The fourth-order valence-electron chi connectivity index (χ4n) is 2.41. The standard InChI is InChI=1S/C18H19F3O3/c1-3-15-13(7-10-17(22)23-4-2)11-16(24-15)12-5-8-14(9-6-12)18(19,20)21/h5-6,8-9,11H,3-4,7,10H2,1-2H3. The topological polar surface area (TPSA) is 39.4 Å². The first-order valence-corrected chi connectivity index (χ1v) is 7.80. The van der Waals surface area contributed by atoms with E-state index in [4.69, 9.17) is 9.15 Å². The van der Waals surface area contributed by atoms with Gasteiger partial charge in [-0.2, -0.15) is 13.2 Å². The molecule has 24 heavy (non-hydrogen) atoms. The van der Waals surface area contributed by atoms with Gasteiger partial charge in [-0.05, 0) is 37.1 Å². The van der Waals surface area contributed by atoms with Gasteiger partial charge in [-0.15, -0.1) is 0 Å². The van der Waals surface area contributed by atoms with Crippen LogP contribution in [0.25, 0.3) is 11.3 Å². The van der Waals surface area contributed by atoms with Crippen LogP contribution < -0.4 is 0 Å². The number of carbonyl (C=O) groups excluding carboxylic acids is 1. The molecule has 2 rings (SSSR count). The number of aryl methyl sites for hydroxylation is 2. The molecule has 0 aliphatic carbocycles. The third-order valence-corrected chi connectivity index (χ3v) is 3.62. The van der Waals surface area contributed by atoms with Crippen molar-refractivity contribution in [3.63, 3.8) is 0 Å². The molecule has 0 saturated carbocycles. The van der Waals surface area contributed by atoms with E-state index in [0.29, 0.717) is 30.8 Å². The lowest BCUT2D eigenvalue weighted by Crippen LogP contribution is -2.05. The number of carbonyl (C=O) groups is 1. The summed E-state index contributed by atoms with van der Waals surface area (Å²) in [5.74, 6) is 0.950. The second-order valence-electron chi connectivity index (χ2n) is 5.29. The highest BCUT2D eigenvalue weighted by Crippen LogP contribution is 2.32. The van der Waals surface area contributed by atoms with Crippen LogP contribution in [0.4, 0.5) is 13.2 Å². The van der Waals surface area contributed by atoms with Crippen LogP contribution in [0.2, 0.25) is 0 Å². The first-order chi connectivity index (χ1) is 11.3. The van der Waals surface area contributed by atoms with E-state index in [9.17, 15) is 18.0 Å². The molecule has 0 saturated heterocycles. The number of esters is 1. The molecule has 0 aliphatic rings. The SMILES string of the molecule is CCOC(=O)CCc1cc(-c2ccc(C(F)(F)F)cc2)oc1CC. The van der Waals surface area contributed by atoms with Crippen LogP contribution in [0.1, 0.15) is 37.2 Å². The molecule has 0 N–H and O–H groups in total. The van der Waals surface area contributed by atoms with Crippen LogP contribution in [0.15, 0.2) is 34.7 Å². The number of ether oxygens (including phenoxy) is 1. The van der Waals surface area contributed by atoms with Gasteiger partial charge < -0.3 is 9.15 Å². The van der Waals surface area contributed by atoms with Crippen LogP contribution >= 0.6 is 0 Å².